The molecule has 0 amide bonds. The molecule has 4 heteroatoms. The Balaban J connectivity index is 1.75. The van der Waals surface area contributed by atoms with Gasteiger partial charge in [0.15, 0.2) is 0 Å². The molecule has 0 spiro atoms. The van der Waals surface area contributed by atoms with Crippen LogP contribution in [0.2, 0.25) is 0 Å². The first-order valence-corrected chi connectivity index (χ1v) is 6.59. The lowest BCUT2D eigenvalue weighted by molar-refractivity contribution is 0.121. The smallest absolute Gasteiger partial charge is 0.131 e. The van der Waals surface area contributed by atoms with Crippen molar-refractivity contribution in [2.24, 2.45) is 0 Å². The van der Waals surface area contributed by atoms with E-state index in [0.29, 0.717) is 0 Å². The first-order chi connectivity index (χ1) is 6.93. The van der Waals surface area contributed by atoms with Crippen LogP contribution >= 0.6 is 23.5 Å². The van der Waals surface area contributed by atoms with Gasteiger partial charge >= 0.3 is 0 Å². The highest BCUT2D eigenvalue weighted by molar-refractivity contribution is 8.00. The molecule has 0 N–H and O–H groups in total. The summed E-state index contributed by atoms with van der Waals surface area (Å²) in [5.74, 6) is 1.65. The standard InChI is InChI=1S/C10H10O2S2/c1-2-8(10-12-6-14-10)4-3-7(1)9-11-5-13-9/h1-4,9-10H,5-6H2. The van der Waals surface area contributed by atoms with E-state index in [-0.39, 0.29) is 10.9 Å². The van der Waals surface area contributed by atoms with E-state index in [9.17, 15) is 0 Å². The molecule has 74 valence electrons. The Bertz CT molecular complexity index is 284. The van der Waals surface area contributed by atoms with E-state index >= 15 is 0 Å². The Kier molecular flexibility index (Phi) is 2.45. The highest BCUT2D eigenvalue weighted by Crippen LogP contribution is 2.42. The Hall–Kier alpha value is -0.160. The van der Waals surface area contributed by atoms with Gasteiger partial charge in [-0.3, -0.25) is 0 Å². The van der Waals surface area contributed by atoms with E-state index in [1.807, 2.05) is 23.5 Å². The molecule has 2 unspecified atom stereocenters. The molecule has 0 aromatic heterocycles. The van der Waals surface area contributed by atoms with Crippen molar-refractivity contribution < 1.29 is 9.47 Å². The average molecular weight is 226 g/mol. The molecule has 2 saturated heterocycles. The van der Waals surface area contributed by atoms with Crippen LogP contribution in [-0.4, -0.2) is 11.9 Å². The van der Waals surface area contributed by atoms with E-state index in [2.05, 4.69) is 24.3 Å². The second-order valence-electron chi connectivity index (χ2n) is 3.23. The summed E-state index contributed by atoms with van der Waals surface area (Å²) in [6, 6.07) is 8.53. The zero-order valence-corrected chi connectivity index (χ0v) is 9.14. The van der Waals surface area contributed by atoms with Crippen molar-refractivity contribution in [1.82, 2.24) is 0 Å². The van der Waals surface area contributed by atoms with Gasteiger partial charge in [-0.05, 0) is 11.1 Å². The largest absolute Gasteiger partial charge is 0.352 e. The Labute approximate surface area is 91.4 Å². The third-order valence-electron chi connectivity index (χ3n) is 2.36. The zero-order valence-electron chi connectivity index (χ0n) is 7.51. The molecule has 2 fully saturated rings. The minimum absolute atomic E-state index is 0.263. The van der Waals surface area contributed by atoms with Crippen LogP contribution in [0.15, 0.2) is 24.3 Å². The van der Waals surface area contributed by atoms with Gasteiger partial charge in [0.1, 0.15) is 10.9 Å². The van der Waals surface area contributed by atoms with Crippen LogP contribution in [0.4, 0.5) is 0 Å². The van der Waals surface area contributed by atoms with Crippen LogP contribution in [0, 0.1) is 0 Å². The highest BCUT2D eigenvalue weighted by atomic mass is 32.2. The summed E-state index contributed by atoms with van der Waals surface area (Å²) >= 11 is 3.67. The van der Waals surface area contributed by atoms with Gasteiger partial charge in [-0.15, -0.1) is 0 Å². The topological polar surface area (TPSA) is 18.5 Å². The summed E-state index contributed by atoms with van der Waals surface area (Å²) in [5, 5.41) is 0. The van der Waals surface area contributed by atoms with Crippen LogP contribution in [0.3, 0.4) is 0 Å². The number of hydrogen-bond donors (Lipinski definition) is 0. The van der Waals surface area contributed by atoms with Gasteiger partial charge in [0.05, 0.1) is 11.9 Å². The van der Waals surface area contributed by atoms with Crippen LogP contribution < -0.4 is 0 Å². The maximum atomic E-state index is 5.38. The van der Waals surface area contributed by atoms with Crippen molar-refractivity contribution >= 4 is 23.5 Å². The number of thioether (sulfide) groups is 2. The molecule has 2 nitrogen and oxygen atoms in total. The molecule has 1 aromatic rings. The number of benzene rings is 1. The highest BCUT2D eigenvalue weighted by Gasteiger charge is 2.23. The Morgan fingerprint density at radius 2 is 1.21 bits per heavy atom. The SMILES string of the molecule is c1cc(C2OCS2)ccc1C1OCS1. The Morgan fingerprint density at radius 3 is 1.43 bits per heavy atom. The minimum Gasteiger partial charge on any atom is -0.352 e. The lowest BCUT2D eigenvalue weighted by atomic mass is 10.1. The van der Waals surface area contributed by atoms with E-state index < -0.39 is 0 Å². The lowest BCUT2D eigenvalue weighted by Crippen LogP contribution is -2.13. The number of rotatable bonds is 2. The lowest BCUT2D eigenvalue weighted by Gasteiger charge is -2.28. The van der Waals surface area contributed by atoms with Gasteiger partial charge in [0.25, 0.3) is 0 Å². The average Bonchev–Trinajstić information content (AvgIpc) is 2.02. The van der Waals surface area contributed by atoms with Crippen LogP contribution in [0.25, 0.3) is 0 Å². The van der Waals surface area contributed by atoms with Crippen molar-refractivity contribution in [3.8, 4) is 0 Å². The third-order valence-corrected chi connectivity index (χ3v) is 4.32. The van der Waals surface area contributed by atoms with Crippen molar-refractivity contribution in [2.45, 2.75) is 10.9 Å². The molecule has 1 aromatic carbocycles. The van der Waals surface area contributed by atoms with Gasteiger partial charge in [-0.25, -0.2) is 0 Å². The zero-order chi connectivity index (χ0) is 9.38. The summed E-state index contributed by atoms with van der Waals surface area (Å²) in [7, 11) is 0. The molecule has 0 saturated carbocycles. The van der Waals surface area contributed by atoms with Crippen LogP contribution in [0.5, 0.6) is 0 Å². The van der Waals surface area contributed by atoms with Gasteiger partial charge in [-0.2, -0.15) is 0 Å². The molecular formula is C10H10O2S2. The molecule has 0 bridgehead atoms. The maximum Gasteiger partial charge on any atom is 0.131 e. The molecule has 2 atom stereocenters. The van der Waals surface area contributed by atoms with Crippen LogP contribution in [0.1, 0.15) is 22.0 Å². The van der Waals surface area contributed by atoms with Gasteiger partial charge < -0.3 is 9.47 Å². The first-order valence-electron chi connectivity index (χ1n) is 4.50. The summed E-state index contributed by atoms with van der Waals surface area (Å²) in [6.45, 7) is 0. The molecule has 14 heavy (non-hydrogen) atoms. The Morgan fingerprint density at radius 1 is 0.857 bits per heavy atom. The summed E-state index contributed by atoms with van der Waals surface area (Å²) in [6.07, 6.45) is 0. The number of ether oxygens (including phenoxy) is 2. The van der Waals surface area contributed by atoms with Crippen molar-refractivity contribution in [3.63, 3.8) is 0 Å². The van der Waals surface area contributed by atoms with E-state index in [4.69, 9.17) is 9.47 Å². The fraction of sp³-hybridized carbons (Fsp3) is 0.400. The van der Waals surface area contributed by atoms with Gasteiger partial charge in [0.2, 0.25) is 0 Å². The second-order valence-corrected chi connectivity index (χ2v) is 5.23. The normalized spacial score (nSPS) is 30.6. The molecule has 0 radical (unpaired) electrons. The van der Waals surface area contributed by atoms with Crippen molar-refractivity contribution in [3.05, 3.63) is 35.4 Å². The molecule has 0 aliphatic carbocycles. The predicted molar refractivity (Wildman–Crippen MR) is 59.0 cm³/mol. The van der Waals surface area contributed by atoms with Gasteiger partial charge in [-0.1, -0.05) is 47.8 Å². The summed E-state index contributed by atoms with van der Waals surface area (Å²) in [4.78, 5) is 0. The fourth-order valence-electron chi connectivity index (χ4n) is 1.47. The molecular weight excluding hydrogens is 216 g/mol. The molecule has 2 aliphatic heterocycles. The van der Waals surface area contributed by atoms with Crippen LogP contribution in [-0.2, 0) is 9.47 Å². The predicted octanol–water partition coefficient (Wildman–Crippen LogP) is 3.13. The van der Waals surface area contributed by atoms with E-state index in [1.165, 1.54) is 11.1 Å². The first kappa shape index (κ1) is 9.09. The second kappa shape index (κ2) is 3.77. The maximum absolute atomic E-state index is 5.38. The quantitative estimate of drug-likeness (QED) is 0.771. The summed E-state index contributed by atoms with van der Waals surface area (Å²) in [5.41, 5.74) is 3.04. The minimum atomic E-state index is 0.263. The third kappa shape index (κ3) is 1.56. The fourth-order valence-corrected chi connectivity index (χ4v) is 2.71. The molecule has 3 rings (SSSR count). The monoisotopic (exact) mass is 226 g/mol. The van der Waals surface area contributed by atoms with E-state index in [0.717, 1.165) is 11.9 Å². The van der Waals surface area contributed by atoms with E-state index in [1.54, 1.807) is 0 Å². The van der Waals surface area contributed by atoms with Gasteiger partial charge in [0, 0.05) is 0 Å². The number of hydrogen-bond acceptors (Lipinski definition) is 4. The molecule has 2 heterocycles. The van der Waals surface area contributed by atoms with Crippen molar-refractivity contribution in [1.29, 1.82) is 0 Å². The summed E-state index contributed by atoms with van der Waals surface area (Å²) < 4.78 is 10.8. The van der Waals surface area contributed by atoms with Crippen molar-refractivity contribution in [2.75, 3.05) is 11.9 Å². The molecule has 2 aliphatic rings.